The largest absolute Gasteiger partial charge is 0.376 e. The minimum absolute atomic E-state index is 0.382. The quantitative estimate of drug-likeness (QED) is 0.658. The lowest BCUT2D eigenvalue weighted by Gasteiger charge is -2.43. The summed E-state index contributed by atoms with van der Waals surface area (Å²) < 4.78 is 5.83. The molecule has 3 nitrogen and oxygen atoms in total. The highest BCUT2D eigenvalue weighted by molar-refractivity contribution is 4.86. The molecule has 0 radical (unpaired) electrons. The molecular formula is C17H36N2O. The van der Waals surface area contributed by atoms with Gasteiger partial charge >= 0.3 is 0 Å². The molecule has 1 aliphatic heterocycles. The van der Waals surface area contributed by atoms with Crippen molar-refractivity contribution in [3.8, 4) is 0 Å². The Balaban J connectivity index is 2.61. The van der Waals surface area contributed by atoms with Gasteiger partial charge in [0.2, 0.25) is 0 Å². The Labute approximate surface area is 126 Å². The van der Waals surface area contributed by atoms with Crippen LogP contribution in [0.5, 0.6) is 0 Å². The maximum atomic E-state index is 5.83. The fraction of sp³-hybridized carbons (Fsp3) is 1.00. The molecule has 1 fully saturated rings. The molecule has 1 aliphatic rings. The number of morpholine rings is 1. The van der Waals surface area contributed by atoms with E-state index >= 15 is 0 Å². The molecule has 0 aromatic heterocycles. The highest BCUT2D eigenvalue weighted by Gasteiger charge is 2.32. The Morgan fingerprint density at radius 1 is 1.25 bits per heavy atom. The highest BCUT2D eigenvalue weighted by Crippen LogP contribution is 2.27. The summed E-state index contributed by atoms with van der Waals surface area (Å²) in [4.78, 5) is 2.68. The minimum Gasteiger partial charge on any atom is -0.376 e. The van der Waals surface area contributed by atoms with Gasteiger partial charge in [0.1, 0.15) is 0 Å². The zero-order chi connectivity index (χ0) is 15.0. The second-order valence-electron chi connectivity index (χ2n) is 6.87. The average Bonchev–Trinajstić information content (AvgIpc) is 2.39. The summed E-state index contributed by atoms with van der Waals surface area (Å²) >= 11 is 0. The van der Waals surface area contributed by atoms with Gasteiger partial charge in [0.05, 0.1) is 12.7 Å². The normalized spacial score (nSPS) is 27.4. The molecular weight excluding hydrogens is 248 g/mol. The monoisotopic (exact) mass is 284 g/mol. The third-order valence-corrected chi connectivity index (χ3v) is 4.47. The van der Waals surface area contributed by atoms with Gasteiger partial charge in [-0.1, -0.05) is 34.1 Å². The van der Waals surface area contributed by atoms with Crippen molar-refractivity contribution in [1.29, 1.82) is 0 Å². The van der Waals surface area contributed by atoms with Crippen LogP contribution in [0.15, 0.2) is 0 Å². The first kappa shape index (κ1) is 17.9. The summed E-state index contributed by atoms with van der Waals surface area (Å²) in [7, 11) is 0. The first-order valence-electron chi connectivity index (χ1n) is 8.61. The summed E-state index contributed by atoms with van der Waals surface area (Å²) in [6.45, 7) is 16.9. The van der Waals surface area contributed by atoms with Crippen LogP contribution < -0.4 is 5.32 Å². The van der Waals surface area contributed by atoms with E-state index in [0.717, 1.165) is 26.2 Å². The molecule has 3 atom stereocenters. The van der Waals surface area contributed by atoms with Crippen molar-refractivity contribution >= 4 is 0 Å². The van der Waals surface area contributed by atoms with Gasteiger partial charge < -0.3 is 10.1 Å². The van der Waals surface area contributed by atoms with Gasteiger partial charge in [-0.05, 0) is 38.1 Å². The standard InChI is InChI=1S/C17H36N2O/c1-6-9-17(5,13-18-10-7-2)14-19-11-15(4)20-12-16(19)8-3/h15-16,18H,6-14H2,1-5H3. The number of nitrogens with zero attached hydrogens (tertiary/aromatic N) is 1. The van der Waals surface area contributed by atoms with E-state index in [2.05, 4.69) is 44.8 Å². The predicted molar refractivity (Wildman–Crippen MR) is 87.2 cm³/mol. The molecule has 0 bridgehead atoms. The van der Waals surface area contributed by atoms with Crippen LogP contribution in [0.3, 0.4) is 0 Å². The van der Waals surface area contributed by atoms with Crippen LogP contribution in [-0.4, -0.2) is 49.8 Å². The zero-order valence-corrected chi connectivity index (χ0v) is 14.4. The Kier molecular flexibility index (Phi) is 8.08. The molecule has 20 heavy (non-hydrogen) atoms. The molecule has 1 rings (SSSR count). The molecule has 3 unspecified atom stereocenters. The van der Waals surface area contributed by atoms with E-state index < -0.39 is 0 Å². The maximum Gasteiger partial charge on any atom is 0.0674 e. The van der Waals surface area contributed by atoms with Gasteiger partial charge in [0.25, 0.3) is 0 Å². The maximum absolute atomic E-state index is 5.83. The Hall–Kier alpha value is -0.120. The Morgan fingerprint density at radius 3 is 2.60 bits per heavy atom. The molecule has 120 valence electrons. The van der Waals surface area contributed by atoms with E-state index in [1.807, 2.05) is 0 Å². The van der Waals surface area contributed by atoms with E-state index in [4.69, 9.17) is 4.74 Å². The van der Waals surface area contributed by atoms with Gasteiger partial charge in [-0.2, -0.15) is 0 Å². The topological polar surface area (TPSA) is 24.5 Å². The predicted octanol–water partition coefficient (Wildman–Crippen LogP) is 3.29. The molecule has 0 aromatic carbocycles. The molecule has 0 spiro atoms. The van der Waals surface area contributed by atoms with Crippen molar-refractivity contribution in [2.24, 2.45) is 5.41 Å². The smallest absolute Gasteiger partial charge is 0.0674 e. The first-order valence-corrected chi connectivity index (χ1v) is 8.61. The van der Waals surface area contributed by atoms with Crippen molar-refractivity contribution in [1.82, 2.24) is 10.2 Å². The van der Waals surface area contributed by atoms with Crippen LogP contribution in [0.1, 0.15) is 60.3 Å². The highest BCUT2D eigenvalue weighted by atomic mass is 16.5. The summed E-state index contributed by atoms with van der Waals surface area (Å²) in [6, 6.07) is 0.605. The van der Waals surface area contributed by atoms with Crippen LogP contribution in [-0.2, 0) is 4.74 Å². The summed E-state index contributed by atoms with van der Waals surface area (Å²) in [5.41, 5.74) is 0.383. The minimum atomic E-state index is 0.382. The van der Waals surface area contributed by atoms with Crippen LogP contribution in [0, 0.1) is 5.41 Å². The third-order valence-electron chi connectivity index (χ3n) is 4.47. The summed E-state index contributed by atoms with van der Waals surface area (Å²) in [5, 5.41) is 3.64. The van der Waals surface area contributed by atoms with Gasteiger partial charge in [0, 0.05) is 25.7 Å². The van der Waals surface area contributed by atoms with Gasteiger partial charge in [0.15, 0.2) is 0 Å². The SMILES string of the molecule is CCCNCC(C)(CCC)CN1CC(C)OCC1CC. The van der Waals surface area contributed by atoms with Crippen LogP contribution in [0.25, 0.3) is 0 Å². The number of hydrogen-bond acceptors (Lipinski definition) is 3. The van der Waals surface area contributed by atoms with Crippen LogP contribution in [0.4, 0.5) is 0 Å². The van der Waals surface area contributed by atoms with Gasteiger partial charge in [-0.3, -0.25) is 4.90 Å². The van der Waals surface area contributed by atoms with Crippen molar-refractivity contribution in [3.63, 3.8) is 0 Å². The molecule has 0 amide bonds. The van der Waals surface area contributed by atoms with Crippen molar-refractivity contribution in [3.05, 3.63) is 0 Å². The number of ether oxygens (including phenoxy) is 1. The third kappa shape index (κ3) is 5.71. The van der Waals surface area contributed by atoms with Gasteiger partial charge in [-0.15, -0.1) is 0 Å². The fourth-order valence-electron chi connectivity index (χ4n) is 3.37. The lowest BCUT2D eigenvalue weighted by molar-refractivity contribution is -0.0685. The number of nitrogens with one attached hydrogen (secondary N) is 1. The van der Waals surface area contributed by atoms with Crippen LogP contribution in [0.2, 0.25) is 0 Å². The zero-order valence-electron chi connectivity index (χ0n) is 14.4. The average molecular weight is 284 g/mol. The van der Waals surface area contributed by atoms with E-state index in [1.54, 1.807) is 0 Å². The molecule has 0 aliphatic carbocycles. The molecule has 1 saturated heterocycles. The van der Waals surface area contributed by atoms with Crippen molar-refractivity contribution < 1.29 is 4.74 Å². The van der Waals surface area contributed by atoms with E-state index in [-0.39, 0.29) is 0 Å². The van der Waals surface area contributed by atoms with E-state index in [0.29, 0.717) is 17.6 Å². The Morgan fingerprint density at radius 2 is 2.00 bits per heavy atom. The number of rotatable bonds is 9. The molecule has 0 saturated carbocycles. The first-order chi connectivity index (χ1) is 9.54. The number of hydrogen-bond donors (Lipinski definition) is 1. The van der Waals surface area contributed by atoms with E-state index in [1.165, 1.54) is 32.2 Å². The summed E-state index contributed by atoms with van der Waals surface area (Å²) in [5.74, 6) is 0. The van der Waals surface area contributed by atoms with E-state index in [9.17, 15) is 0 Å². The fourth-order valence-corrected chi connectivity index (χ4v) is 3.37. The lowest BCUT2D eigenvalue weighted by atomic mass is 9.84. The Bertz CT molecular complexity index is 259. The molecule has 0 aromatic rings. The van der Waals surface area contributed by atoms with Crippen LogP contribution >= 0.6 is 0 Å². The van der Waals surface area contributed by atoms with Crippen molar-refractivity contribution in [2.75, 3.05) is 32.8 Å². The summed E-state index contributed by atoms with van der Waals surface area (Å²) in [6.07, 6.45) is 5.35. The van der Waals surface area contributed by atoms with Gasteiger partial charge in [-0.25, -0.2) is 0 Å². The van der Waals surface area contributed by atoms with Crippen molar-refractivity contribution in [2.45, 2.75) is 72.4 Å². The molecule has 3 heteroatoms. The lowest BCUT2D eigenvalue weighted by Crippen LogP contribution is -2.53. The second kappa shape index (κ2) is 9.01. The second-order valence-corrected chi connectivity index (χ2v) is 6.87. The molecule has 1 heterocycles. The molecule has 1 N–H and O–H groups in total.